The standard InChI is InChI=1S/C14H11ClNO2/c1-10-12(15)8-5-9-13(10)16(14(17)18)11-6-3-2-4-7-11/h2-9H,1H3. The number of amides is 1. The van der Waals surface area contributed by atoms with Crippen molar-refractivity contribution >= 4 is 29.1 Å². The fraction of sp³-hybridized carbons (Fsp3) is 0.0714. The van der Waals surface area contributed by atoms with E-state index in [9.17, 15) is 9.90 Å². The van der Waals surface area contributed by atoms with Crippen molar-refractivity contribution in [1.29, 1.82) is 0 Å². The average Bonchev–Trinajstić information content (AvgIpc) is 2.36. The summed E-state index contributed by atoms with van der Waals surface area (Å²) in [6.07, 6.45) is -1.29. The third kappa shape index (κ3) is 2.31. The Kier molecular flexibility index (Phi) is 3.53. The average molecular weight is 261 g/mol. The molecule has 0 unspecified atom stereocenters. The first kappa shape index (κ1) is 12.5. The van der Waals surface area contributed by atoms with Crippen LogP contribution in [0, 0.1) is 6.92 Å². The molecule has 4 heteroatoms. The molecule has 1 radical (unpaired) electrons. The van der Waals surface area contributed by atoms with Crippen LogP contribution in [0.5, 0.6) is 0 Å². The number of hydrogen-bond donors (Lipinski definition) is 0. The molecule has 91 valence electrons. The second kappa shape index (κ2) is 5.10. The maximum atomic E-state index is 11.3. The van der Waals surface area contributed by atoms with E-state index < -0.39 is 6.09 Å². The van der Waals surface area contributed by atoms with Crippen LogP contribution in [-0.4, -0.2) is 6.09 Å². The smallest absolute Gasteiger partial charge is 0.243 e. The Morgan fingerprint density at radius 3 is 2.33 bits per heavy atom. The van der Waals surface area contributed by atoms with Crippen LogP contribution in [0.2, 0.25) is 5.02 Å². The zero-order chi connectivity index (χ0) is 13.1. The zero-order valence-electron chi connectivity index (χ0n) is 9.76. The van der Waals surface area contributed by atoms with Crippen LogP contribution >= 0.6 is 11.6 Å². The quantitative estimate of drug-likeness (QED) is 0.792. The topological polar surface area (TPSA) is 40.2 Å². The van der Waals surface area contributed by atoms with Gasteiger partial charge in [0.15, 0.2) is 0 Å². The summed E-state index contributed by atoms with van der Waals surface area (Å²) in [6.45, 7) is 1.77. The first-order valence-corrected chi connectivity index (χ1v) is 5.80. The highest BCUT2D eigenvalue weighted by Crippen LogP contribution is 2.31. The van der Waals surface area contributed by atoms with Gasteiger partial charge in [-0.3, -0.25) is 0 Å². The van der Waals surface area contributed by atoms with Crippen LogP contribution in [0.25, 0.3) is 0 Å². The SMILES string of the molecule is Cc1c(Cl)cccc1N(C([O])=O)c1ccccc1. The lowest BCUT2D eigenvalue weighted by Gasteiger charge is -2.20. The number of carbonyl (C=O) groups is 1. The maximum absolute atomic E-state index is 11.3. The van der Waals surface area contributed by atoms with Crippen LogP contribution in [0.15, 0.2) is 48.5 Å². The highest BCUT2D eigenvalue weighted by molar-refractivity contribution is 6.31. The highest BCUT2D eigenvalue weighted by Gasteiger charge is 2.20. The van der Waals surface area contributed by atoms with Crippen molar-refractivity contribution in [3.8, 4) is 0 Å². The molecule has 0 spiro atoms. The second-order valence-electron chi connectivity index (χ2n) is 3.82. The van der Waals surface area contributed by atoms with E-state index in [-0.39, 0.29) is 0 Å². The van der Waals surface area contributed by atoms with Crippen molar-refractivity contribution in [3.63, 3.8) is 0 Å². The van der Waals surface area contributed by atoms with Gasteiger partial charge in [0.1, 0.15) is 0 Å². The summed E-state index contributed by atoms with van der Waals surface area (Å²) in [7, 11) is 0. The van der Waals surface area contributed by atoms with E-state index in [2.05, 4.69) is 0 Å². The van der Waals surface area contributed by atoms with E-state index in [1.807, 2.05) is 6.07 Å². The van der Waals surface area contributed by atoms with E-state index in [1.165, 1.54) is 0 Å². The zero-order valence-corrected chi connectivity index (χ0v) is 10.5. The molecular weight excluding hydrogens is 250 g/mol. The lowest BCUT2D eigenvalue weighted by Crippen LogP contribution is -2.23. The molecule has 0 aliphatic rings. The Balaban J connectivity index is 2.56. The van der Waals surface area contributed by atoms with Gasteiger partial charge in [0.25, 0.3) is 0 Å². The molecule has 0 saturated carbocycles. The van der Waals surface area contributed by atoms with Gasteiger partial charge in [-0.1, -0.05) is 35.9 Å². The van der Waals surface area contributed by atoms with Gasteiger partial charge in [0.2, 0.25) is 0 Å². The Labute approximate surface area is 110 Å². The molecular formula is C14H11ClNO2. The monoisotopic (exact) mass is 260 g/mol. The molecule has 0 aromatic heterocycles. The van der Waals surface area contributed by atoms with Crippen LogP contribution in [0.3, 0.4) is 0 Å². The fourth-order valence-corrected chi connectivity index (χ4v) is 1.93. The van der Waals surface area contributed by atoms with Crippen molar-refractivity contribution < 1.29 is 9.90 Å². The summed E-state index contributed by atoms with van der Waals surface area (Å²) in [4.78, 5) is 12.4. The molecule has 2 aromatic rings. The van der Waals surface area contributed by atoms with Crippen molar-refractivity contribution in [3.05, 3.63) is 59.1 Å². The molecule has 0 saturated heterocycles. The third-order valence-corrected chi connectivity index (χ3v) is 3.09. The third-order valence-electron chi connectivity index (χ3n) is 2.68. The summed E-state index contributed by atoms with van der Waals surface area (Å²) >= 11 is 6.01. The minimum absolute atomic E-state index is 0.508. The molecule has 2 rings (SSSR count). The van der Waals surface area contributed by atoms with E-state index >= 15 is 0 Å². The molecule has 1 amide bonds. The molecule has 0 heterocycles. The normalized spacial score (nSPS) is 10.1. The van der Waals surface area contributed by atoms with Crippen molar-refractivity contribution in [2.45, 2.75) is 6.92 Å². The largest absolute Gasteiger partial charge is 0.462 e. The number of carbonyl (C=O) groups excluding carboxylic acids is 1. The van der Waals surface area contributed by atoms with Gasteiger partial charge in [0, 0.05) is 5.02 Å². The number of benzene rings is 2. The minimum atomic E-state index is -1.29. The van der Waals surface area contributed by atoms with Gasteiger partial charge >= 0.3 is 6.09 Å². The molecule has 0 aliphatic carbocycles. The summed E-state index contributed by atoms with van der Waals surface area (Å²) in [5, 5.41) is 11.9. The minimum Gasteiger partial charge on any atom is -0.243 e. The van der Waals surface area contributed by atoms with Crippen molar-refractivity contribution in [1.82, 2.24) is 0 Å². The predicted molar refractivity (Wildman–Crippen MR) is 70.9 cm³/mol. The van der Waals surface area contributed by atoms with Crippen LogP contribution in [-0.2, 0) is 5.11 Å². The number of anilines is 2. The molecule has 0 bridgehead atoms. The molecule has 3 nitrogen and oxygen atoms in total. The lowest BCUT2D eigenvalue weighted by atomic mass is 10.1. The van der Waals surface area contributed by atoms with Gasteiger partial charge in [-0.05, 0) is 36.8 Å². The van der Waals surface area contributed by atoms with Crippen LogP contribution in [0.4, 0.5) is 16.2 Å². The van der Waals surface area contributed by atoms with Gasteiger partial charge < -0.3 is 0 Å². The van der Waals surface area contributed by atoms with E-state index in [1.54, 1.807) is 49.4 Å². The van der Waals surface area contributed by atoms with Gasteiger partial charge in [0.05, 0.1) is 11.4 Å². The van der Waals surface area contributed by atoms with Gasteiger partial charge in [-0.2, -0.15) is 0 Å². The Hall–Kier alpha value is -2.00. The lowest BCUT2D eigenvalue weighted by molar-refractivity contribution is 0.179. The predicted octanol–water partition coefficient (Wildman–Crippen LogP) is 4.34. The van der Waals surface area contributed by atoms with Gasteiger partial charge in [-0.15, -0.1) is 0 Å². The summed E-state index contributed by atoms with van der Waals surface area (Å²) < 4.78 is 0. The fourth-order valence-electron chi connectivity index (χ4n) is 1.76. The van der Waals surface area contributed by atoms with Gasteiger partial charge in [-0.25, -0.2) is 14.8 Å². The molecule has 18 heavy (non-hydrogen) atoms. The number of hydrogen-bond acceptors (Lipinski definition) is 1. The number of rotatable bonds is 2. The van der Waals surface area contributed by atoms with Crippen molar-refractivity contribution in [2.75, 3.05) is 4.90 Å². The number of para-hydroxylation sites is 1. The maximum Gasteiger partial charge on any atom is 0.462 e. The number of halogens is 1. The Morgan fingerprint density at radius 2 is 1.72 bits per heavy atom. The van der Waals surface area contributed by atoms with Crippen molar-refractivity contribution in [2.24, 2.45) is 0 Å². The molecule has 0 fully saturated rings. The number of nitrogens with zero attached hydrogens (tertiary/aromatic N) is 1. The molecule has 0 aliphatic heterocycles. The second-order valence-corrected chi connectivity index (χ2v) is 4.23. The molecule has 0 atom stereocenters. The Morgan fingerprint density at radius 1 is 1.06 bits per heavy atom. The summed E-state index contributed by atoms with van der Waals surface area (Å²) in [5.41, 5.74) is 1.74. The molecule has 0 N–H and O–H groups in total. The van der Waals surface area contributed by atoms with Crippen LogP contribution in [0.1, 0.15) is 5.56 Å². The highest BCUT2D eigenvalue weighted by atomic mass is 35.5. The van der Waals surface area contributed by atoms with E-state index in [0.717, 1.165) is 4.90 Å². The first-order chi connectivity index (χ1) is 8.61. The van der Waals surface area contributed by atoms with Crippen LogP contribution < -0.4 is 4.90 Å². The molecule has 2 aromatic carbocycles. The summed E-state index contributed by atoms with van der Waals surface area (Å²) in [6, 6.07) is 13.9. The first-order valence-electron chi connectivity index (χ1n) is 5.42. The van der Waals surface area contributed by atoms with E-state index in [4.69, 9.17) is 11.6 Å². The summed E-state index contributed by atoms with van der Waals surface area (Å²) in [5.74, 6) is 0. The van der Waals surface area contributed by atoms with E-state index in [0.29, 0.717) is 22.0 Å². The Bertz CT molecular complexity index is 569.